The molecule has 0 saturated carbocycles. The Balaban J connectivity index is 2.46. The van der Waals surface area contributed by atoms with E-state index in [1.807, 2.05) is 0 Å². The third-order valence-electron chi connectivity index (χ3n) is 2.79. The van der Waals surface area contributed by atoms with Crippen LogP contribution < -0.4 is 5.73 Å². The third kappa shape index (κ3) is 2.72. The van der Waals surface area contributed by atoms with Gasteiger partial charge in [-0.25, -0.2) is 9.07 Å². The quantitative estimate of drug-likeness (QED) is 0.861. The molecule has 0 bridgehead atoms. The van der Waals surface area contributed by atoms with Gasteiger partial charge in [-0.05, 0) is 24.6 Å². The van der Waals surface area contributed by atoms with Crippen LogP contribution in [0, 0.1) is 12.7 Å². The zero-order chi connectivity index (χ0) is 15.1. The van der Waals surface area contributed by atoms with Crippen LogP contribution in [0.25, 0.3) is 0 Å². The third-order valence-corrected chi connectivity index (χ3v) is 3.26. The number of halogens is 5. The van der Waals surface area contributed by atoms with E-state index in [0.29, 0.717) is 11.8 Å². The minimum atomic E-state index is -4.65. The Morgan fingerprint density at radius 1 is 1.35 bits per heavy atom. The lowest BCUT2D eigenvalue weighted by Crippen LogP contribution is -2.14. The van der Waals surface area contributed by atoms with E-state index in [9.17, 15) is 17.6 Å². The molecular weight excluding hydrogens is 298 g/mol. The lowest BCUT2D eigenvalue weighted by atomic mass is 10.1. The molecule has 1 aromatic heterocycles. The van der Waals surface area contributed by atoms with Crippen LogP contribution in [0.15, 0.2) is 18.2 Å². The van der Waals surface area contributed by atoms with Crippen LogP contribution in [0.1, 0.15) is 16.8 Å². The highest BCUT2D eigenvalue weighted by atomic mass is 35.5. The first kappa shape index (κ1) is 14.6. The summed E-state index contributed by atoms with van der Waals surface area (Å²) in [5.41, 5.74) is 4.88. The van der Waals surface area contributed by atoms with Crippen molar-refractivity contribution in [3.63, 3.8) is 0 Å². The number of nitrogens with two attached hydrogens (primary N) is 1. The first-order valence-electron chi connectivity index (χ1n) is 5.54. The molecule has 108 valence electrons. The fourth-order valence-corrected chi connectivity index (χ4v) is 1.95. The van der Waals surface area contributed by atoms with Gasteiger partial charge in [0.1, 0.15) is 16.7 Å². The Morgan fingerprint density at radius 2 is 2.00 bits per heavy atom. The Morgan fingerprint density at radius 3 is 2.50 bits per heavy atom. The largest absolute Gasteiger partial charge is 0.416 e. The first-order valence-corrected chi connectivity index (χ1v) is 5.92. The summed E-state index contributed by atoms with van der Waals surface area (Å²) in [6.45, 7) is 1.35. The maximum Gasteiger partial charge on any atom is 0.416 e. The molecule has 8 heteroatoms. The predicted octanol–water partition coefficient (Wildman–Crippen LogP) is 3.63. The fraction of sp³-hybridized carbons (Fsp3) is 0.250. The normalized spacial score (nSPS) is 11.9. The molecule has 0 aliphatic rings. The summed E-state index contributed by atoms with van der Waals surface area (Å²) in [7, 11) is 0. The van der Waals surface area contributed by atoms with Gasteiger partial charge in [-0.1, -0.05) is 17.7 Å². The number of aryl methyl sites for hydroxylation is 1. The molecule has 3 nitrogen and oxygen atoms in total. The Labute approximate surface area is 116 Å². The molecule has 0 aliphatic heterocycles. The first-order chi connectivity index (χ1) is 9.20. The molecule has 0 unspecified atom stereocenters. The topological polar surface area (TPSA) is 43.8 Å². The molecule has 2 N–H and O–H groups in total. The molecule has 0 radical (unpaired) electrons. The molecule has 2 rings (SSSR count). The maximum atomic E-state index is 13.0. The predicted molar refractivity (Wildman–Crippen MR) is 66.9 cm³/mol. The van der Waals surface area contributed by atoms with Crippen LogP contribution in [0.2, 0.25) is 5.02 Å². The summed E-state index contributed by atoms with van der Waals surface area (Å²) in [5.74, 6) is -0.884. The van der Waals surface area contributed by atoms with Crippen molar-refractivity contribution < 1.29 is 17.6 Å². The van der Waals surface area contributed by atoms with Gasteiger partial charge in [0.2, 0.25) is 0 Å². The monoisotopic (exact) mass is 307 g/mol. The summed E-state index contributed by atoms with van der Waals surface area (Å²) in [6.07, 6.45) is -4.65. The van der Waals surface area contributed by atoms with Crippen molar-refractivity contribution in [1.29, 1.82) is 0 Å². The van der Waals surface area contributed by atoms with E-state index in [2.05, 4.69) is 5.10 Å². The van der Waals surface area contributed by atoms with Gasteiger partial charge >= 0.3 is 6.18 Å². The molecule has 0 fully saturated rings. The second-order valence-corrected chi connectivity index (χ2v) is 4.62. The zero-order valence-corrected chi connectivity index (χ0v) is 11.1. The van der Waals surface area contributed by atoms with Crippen molar-refractivity contribution in [3.05, 3.63) is 45.9 Å². The summed E-state index contributed by atoms with van der Waals surface area (Å²) < 4.78 is 52.7. The highest BCUT2D eigenvalue weighted by Crippen LogP contribution is 2.33. The van der Waals surface area contributed by atoms with Crippen molar-refractivity contribution >= 4 is 17.4 Å². The SMILES string of the molecule is Cc1nn(Cc2ccc(F)cc2C(F)(F)F)c(N)c1Cl. The van der Waals surface area contributed by atoms with Crippen molar-refractivity contribution in [2.45, 2.75) is 19.6 Å². The second kappa shape index (κ2) is 4.97. The fourth-order valence-electron chi connectivity index (χ4n) is 1.81. The molecule has 0 aliphatic carbocycles. The lowest BCUT2D eigenvalue weighted by molar-refractivity contribution is -0.138. The highest BCUT2D eigenvalue weighted by Gasteiger charge is 2.34. The summed E-state index contributed by atoms with van der Waals surface area (Å²) >= 11 is 5.83. The van der Waals surface area contributed by atoms with Gasteiger partial charge in [-0.15, -0.1) is 0 Å². The van der Waals surface area contributed by atoms with E-state index in [4.69, 9.17) is 17.3 Å². The molecule has 2 aromatic rings. The molecule has 0 atom stereocenters. The average molecular weight is 308 g/mol. The van der Waals surface area contributed by atoms with Gasteiger partial charge in [0.25, 0.3) is 0 Å². The number of hydrogen-bond acceptors (Lipinski definition) is 2. The molecule has 0 saturated heterocycles. The van der Waals surface area contributed by atoms with Crippen LogP contribution in [-0.2, 0) is 12.7 Å². The molecular formula is C12H10ClF4N3. The number of hydrogen-bond donors (Lipinski definition) is 1. The maximum absolute atomic E-state index is 13.0. The highest BCUT2D eigenvalue weighted by molar-refractivity contribution is 6.33. The van der Waals surface area contributed by atoms with Crippen molar-refractivity contribution in [3.8, 4) is 0 Å². The van der Waals surface area contributed by atoms with Crippen LogP contribution >= 0.6 is 11.6 Å². The van der Waals surface area contributed by atoms with Gasteiger partial charge in [0.05, 0.1) is 17.8 Å². The number of nitrogen functional groups attached to an aromatic ring is 1. The molecule has 0 spiro atoms. The molecule has 1 aromatic carbocycles. The number of benzene rings is 1. The number of alkyl halides is 3. The summed E-state index contributed by atoms with van der Waals surface area (Å²) in [5, 5.41) is 4.14. The van der Waals surface area contributed by atoms with Gasteiger partial charge in [-0.2, -0.15) is 18.3 Å². The Hall–Kier alpha value is -1.76. The Bertz CT molecular complexity index is 649. The Kier molecular flexibility index (Phi) is 3.64. The smallest absolute Gasteiger partial charge is 0.383 e. The van der Waals surface area contributed by atoms with Crippen LogP contribution in [0.3, 0.4) is 0 Å². The van der Waals surface area contributed by atoms with E-state index in [0.717, 1.165) is 16.8 Å². The molecule has 1 heterocycles. The van der Waals surface area contributed by atoms with E-state index < -0.39 is 17.6 Å². The number of nitrogens with zero attached hydrogens (tertiary/aromatic N) is 2. The van der Waals surface area contributed by atoms with Crippen LogP contribution in [-0.4, -0.2) is 9.78 Å². The second-order valence-electron chi connectivity index (χ2n) is 4.24. The van der Waals surface area contributed by atoms with Crippen LogP contribution in [0.5, 0.6) is 0 Å². The number of anilines is 1. The molecule has 0 amide bonds. The van der Waals surface area contributed by atoms with E-state index in [1.54, 1.807) is 6.92 Å². The lowest BCUT2D eigenvalue weighted by Gasteiger charge is -2.13. The summed E-state index contributed by atoms with van der Waals surface area (Å²) in [4.78, 5) is 0. The molecule has 20 heavy (non-hydrogen) atoms. The van der Waals surface area contributed by atoms with Crippen molar-refractivity contribution in [1.82, 2.24) is 9.78 Å². The van der Waals surface area contributed by atoms with Crippen molar-refractivity contribution in [2.75, 3.05) is 5.73 Å². The summed E-state index contributed by atoms with van der Waals surface area (Å²) in [6, 6.07) is 2.46. The van der Waals surface area contributed by atoms with Gasteiger partial charge in [-0.3, -0.25) is 0 Å². The van der Waals surface area contributed by atoms with Gasteiger partial charge < -0.3 is 5.73 Å². The van der Waals surface area contributed by atoms with Crippen molar-refractivity contribution in [2.24, 2.45) is 0 Å². The minimum absolute atomic E-state index is 0.0709. The average Bonchev–Trinajstić information content (AvgIpc) is 2.58. The van der Waals surface area contributed by atoms with Gasteiger partial charge in [0, 0.05) is 0 Å². The zero-order valence-electron chi connectivity index (χ0n) is 10.3. The van der Waals surface area contributed by atoms with E-state index in [-0.39, 0.29) is 22.9 Å². The minimum Gasteiger partial charge on any atom is -0.383 e. The van der Waals surface area contributed by atoms with E-state index >= 15 is 0 Å². The van der Waals surface area contributed by atoms with E-state index in [1.165, 1.54) is 0 Å². The number of rotatable bonds is 2. The standard InChI is InChI=1S/C12H10ClF4N3/c1-6-10(13)11(18)20(19-6)5-7-2-3-8(14)4-9(7)12(15,16)17/h2-4H,5,18H2,1H3. The number of aromatic nitrogens is 2. The van der Waals surface area contributed by atoms with Gasteiger partial charge in [0.15, 0.2) is 0 Å². The van der Waals surface area contributed by atoms with Crippen LogP contribution in [0.4, 0.5) is 23.4 Å².